The van der Waals surface area contributed by atoms with Gasteiger partial charge >= 0.3 is 12.1 Å². The smallest absolute Gasteiger partial charge is 0.376 e. The Hall–Kier alpha value is -3.64. The Balaban J connectivity index is 1.38. The Morgan fingerprint density at radius 3 is 2.56 bits per heavy atom. The largest absolute Gasteiger partial charge is 0.471 e. The quantitative estimate of drug-likeness (QED) is 0.280. The van der Waals surface area contributed by atoms with Gasteiger partial charge in [-0.25, -0.2) is 9.37 Å². The summed E-state index contributed by atoms with van der Waals surface area (Å²) in [5.41, 5.74) is 0.977. The van der Waals surface area contributed by atoms with Crippen molar-refractivity contribution in [3.8, 4) is 22.6 Å². The first kappa shape index (κ1) is 26.9. The van der Waals surface area contributed by atoms with Crippen LogP contribution in [0.15, 0.2) is 58.4 Å². The molecule has 1 atom stereocenters. The van der Waals surface area contributed by atoms with Gasteiger partial charge < -0.3 is 14.6 Å². The van der Waals surface area contributed by atoms with E-state index in [0.717, 1.165) is 16.3 Å². The predicted molar refractivity (Wildman–Crippen MR) is 136 cm³/mol. The summed E-state index contributed by atoms with van der Waals surface area (Å²) in [5, 5.41) is 9.13. The van der Waals surface area contributed by atoms with E-state index >= 15 is 0 Å². The number of alkyl halides is 3. The van der Waals surface area contributed by atoms with Gasteiger partial charge in [-0.15, -0.1) is 11.3 Å². The van der Waals surface area contributed by atoms with Crippen LogP contribution in [-0.2, 0) is 16.3 Å². The van der Waals surface area contributed by atoms with Crippen LogP contribution in [-0.4, -0.2) is 39.8 Å². The van der Waals surface area contributed by atoms with Gasteiger partial charge in [-0.1, -0.05) is 17.3 Å². The SMILES string of the molecule is CC1(C)CC(CNC(=O)c2cccc(-c3noc(C(F)(F)F)n3)c2)(c2nc(-c3ccc(F)cc3)cs2)CCO1. The fraction of sp³-hybridized carbons (Fsp3) is 0.333. The van der Waals surface area contributed by atoms with Gasteiger partial charge in [0.2, 0.25) is 5.82 Å². The van der Waals surface area contributed by atoms with E-state index in [1.165, 1.54) is 41.7 Å². The number of nitrogens with one attached hydrogen (secondary N) is 1. The zero-order chi connectivity index (χ0) is 27.8. The number of rotatable bonds is 6. The highest BCUT2D eigenvalue weighted by molar-refractivity contribution is 7.10. The number of aromatic nitrogens is 3. The van der Waals surface area contributed by atoms with Crippen molar-refractivity contribution in [1.82, 2.24) is 20.4 Å². The van der Waals surface area contributed by atoms with Crippen molar-refractivity contribution in [2.24, 2.45) is 0 Å². The molecule has 204 valence electrons. The summed E-state index contributed by atoms with van der Waals surface area (Å²) in [5.74, 6) is -2.46. The first-order valence-corrected chi connectivity index (χ1v) is 13.0. The summed E-state index contributed by atoms with van der Waals surface area (Å²) in [4.78, 5) is 21.5. The van der Waals surface area contributed by atoms with Gasteiger partial charge in [0.25, 0.3) is 5.91 Å². The van der Waals surface area contributed by atoms with Crippen molar-refractivity contribution in [3.05, 3.63) is 76.2 Å². The minimum atomic E-state index is -4.77. The molecule has 2 aromatic carbocycles. The Morgan fingerprint density at radius 2 is 1.87 bits per heavy atom. The number of halogens is 4. The van der Waals surface area contributed by atoms with E-state index in [1.54, 1.807) is 18.2 Å². The number of carbonyl (C=O) groups excluding carboxylic acids is 1. The second-order valence-corrected chi connectivity index (χ2v) is 10.9. The van der Waals surface area contributed by atoms with Crippen molar-refractivity contribution in [3.63, 3.8) is 0 Å². The van der Waals surface area contributed by atoms with Crippen LogP contribution in [0, 0.1) is 5.82 Å². The van der Waals surface area contributed by atoms with Crippen molar-refractivity contribution in [2.75, 3.05) is 13.2 Å². The van der Waals surface area contributed by atoms with E-state index in [2.05, 4.69) is 20.0 Å². The highest BCUT2D eigenvalue weighted by Crippen LogP contribution is 2.43. The lowest BCUT2D eigenvalue weighted by Crippen LogP contribution is -2.50. The van der Waals surface area contributed by atoms with E-state index < -0.39 is 29.0 Å². The van der Waals surface area contributed by atoms with Gasteiger partial charge in [0.1, 0.15) is 10.8 Å². The van der Waals surface area contributed by atoms with Crippen LogP contribution >= 0.6 is 11.3 Å². The van der Waals surface area contributed by atoms with Gasteiger partial charge in [0.15, 0.2) is 0 Å². The molecule has 1 aliphatic heterocycles. The molecule has 1 saturated heterocycles. The fourth-order valence-corrected chi connectivity index (χ4v) is 5.82. The number of thiazole rings is 1. The third-order valence-electron chi connectivity index (χ3n) is 6.57. The molecule has 12 heteroatoms. The zero-order valence-corrected chi connectivity index (χ0v) is 21.8. The third-order valence-corrected chi connectivity index (χ3v) is 7.66. The van der Waals surface area contributed by atoms with Crippen LogP contribution in [0.1, 0.15) is 47.9 Å². The van der Waals surface area contributed by atoms with E-state index in [9.17, 15) is 22.4 Å². The lowest BCUT2D eigenvalue weighted by molar-refractivity contribution is -0.159. The molecule has 3 heterocycles. The summed E-state index contributed by atoms with van der Waals surface area (Å²) in [6.45, 7) is 4.71. The monoisotopic (exact) mass is 560 g/mol. The zero-order valence-electron chi connectivity index (χ0n) is 21.0. The molecule has 1 N–H and O–H groups in total. The molecule has 1 aliphatic rings. The Kier molecular flexibility index (Phi) is 7.02. The van der Waals surface area contributed by atoms with Crippen LogP contribution in [0.25, 0.3) is 22.6 Å². The average molecular weight is 561 g/mol. The number of hydrogen-bond donors (Lipinski definition) is 1. The fourth-order valence-electron chi connectivity index (χ4n) is 4.76. The van der Waals surface area contributed by atoms with Crippen LogP contribution < -0.4 is 5.32 Å². The number of benzene rings is 2. The molecule has 0 radical (unpaired) electrons. The molecular weight excluding hydrogens is 536 g/mol. The minimum absolute atomic E-state index is 0.215. The van der Waals surface area contributed by atoms with Crippen LogP contribution in [0.5, 0.6) is 0 Å². The molecule has 2 aromatic heterocycles. The molecule has 1 amide bonds. The third kappa shape index (κ3) is 5.86. The van der Waals surface area contributed by atoms with Crippen LogP contribution in [0.4, 0.5) is 17.6 Å². The van der Waals surface area contributed by atoms with Crippen LogP contribution in [0.2, 0.25) is 0 Å². The van der Waals surface area contributed by atoms with Gasteiger partial charge in [0, 0.05) is 40.6 Å². The number of ether oxygens (including phenoxy) is 1. The topological polar surface area (TPSA) is 90.1 Å². The molecule has 0 spiro atoms. The van der Waals surface area contributed by atoms with E-state index in [-0.39, 0.29) is 29.3 Å². The van der Waals surface area contributed by atoms with Crippen molar-refractivity contribution in [2.45, 2.75) is 43.9 Å². The molecule has 1 unspecified atom stereocenters. The highest BCUT2D eigenvalue weighted by Gasteiger charge is 2.44. The summed E-state index contributed by atoms with van der Waals surface area (Å²) in [7, 11) is 0. The van der Waals surface area contributed by atoms with Gasteiger partial charge in [0.05, 0.1) is 11.3 Å². The van der Waals surface area contributed by atoms with Crippen LogP contribution in [0.3, 0.4) is 0 Å². The maximum Gasteiger partial charge on any atom is 0.471 e. The molecule has 7 nitrogen and oxygen atoms in total. The number of hydrogen-bond acceptors (Lipinski definition) is 7. The van der Waals surface area contributed by atoms with E-state index in [0.29, 0.717) is 19.4 Å². The van der Waals surface area contributed by atoms with Gasteiger partial charge in [-0.2, -0.15) is 18.2 Å². The summed E-state index contributed by atoms with van der Waals surface area (Å²) >= 11 is 1.48. The summed E-state index contributed by atoms with van der Waals surface area (Å²) in [6.07, 6.45) is -3.55. The second kappa shape index (κ2) is 10.2. The second-order valence-electron chi connectivity index (χ2n) is 10.0. The minimum Gasteiger partial charge on any atom is -0.376 e. The molecule has 0 saturated carbocycles. The standard InChI is InChI=1S/C27H24F4N4O3S/c1-25(2)14-26(10-11-37-25,24-33-20(13-39-24)16-6-8-19(28)9-7-16)15-32-22(36)18-5-3-4-17(12-18)21-34-23(38-35-21)27(29,30)31/h3-9,12-13H,10-11,14-15H2,1-2H3,(H,32,36). The van der Waals surface area contributed by atoms with Crippen molar-refractivity contribution < 1.29 is 31.6 Å². The maximum absolute atomic E-state index is 13.4. The number of nitrogens with zero attached hydrogens (tertiary/aromatic N) is 3. The Bertz CT molecular complexity index is 1480. The summed E-state index contributed by atoms with van der Waals surface area (Å²) in [6, 6.07) is 12.1. The molecule has 39 heavy (non-hydrogen) atoms. The predicted octanol–water partition coefficient (Wildman–Crippen LogP) is 6.27. The molecule has 5 rings (SSSR count). The van der Waals surface area contributed by atoms with Gasteiger partial charge in [-0.05, 0) is 63.1 Å². The maximum atomic E-state index is 13.4. The van der Waals surface area contributed by atoms with Crippen molar-refractivity contribution >= 4 is 17.2 Å². The first-order chi connectivity index (χ1) is 18.4. The van der Waals surface area contributed by atoms with E-state index in [4.69, 9.17) is 9.72 Å². The highest BCUT2D eigenvalue weighted by atomic mass is 32.1. The lowest BCUT2D eigenvalue weighted by Gasteiger charge is -2.43. The number of amides is 1. The molecule has 0 bridgehead atoms. The Morgan fingerprint density at radius 1 is 1.10 bits per heavy atom. The van der Waals surface area contributed by atoms with Gasteiger partial charge in [-0.3, -0.25) is 4.79 Å². The number of carbonyl (C=O) groups is 1. The van der Waals surface area contributed by atoms with Crippen molar-refractivity contribution in [1.29, 1.82) is 0 Å². The Labute approximate surface area is 225 Å². The first-order valence-electron chi connectivity index (χ1n) is 12.1. The molecule has 0 aliphatic carbocycles. The molecule has 4 aromatic rings. The van der Waals surface area contributed by atoms with E-state index in [1.807, 2.05) is 19.2 Å². The summed E-state index contributed by atoms with van der Waals surface area (Å²) < 4.78 is 62.2. The normalized spacial score (nSPS) is 19.1. The molecular formula is C27H24F4N4O3S. The average Bonchev–Trinajstić information content (AvgIpc) is 3.58. The molecule has 1 fully saturated rings. The lowest BCUT2D eigenvalue weighted by atomic mass is 9.74.